The lowest BCUT2D eigenvalue weighted by atomic mass is 10.2. The first-order valence-corrected chi connectivity index (χ1v) is 6.35. The molecule has 2 rings (SSSR count). The Morgan fingerprint density at radius 1 is 1.00 bits per heavy atom. The third kappa shape index (κ3) is 3.53. The van der Waals surface area contributed by atoms with Crippen LogP contribution in [0.2, 0.25) is 0 Å². The van der Waals surface area contributed by atoms with Gasteiger partial charge in [-0.15, -0.1) is 5.53 Å². The molecule has 0 aliphatic rings. The van der Waals surface area contributed by atoms with Gasteiger partial charge in [-0.25, -0.2) is 0 Å². The average molecular weight is 286 g/mol. The van der Waals surface area contributed by atoms with Gasteiger partial charge in [0, 0.05) is 5.56 Å². The lowest BCUT2D eigenvalue weighted by molar-refractivity contribution is 0.0805. The van der Waals surface area contributed by atoms with Crippen LogP contribution in [-0.4, -0.2) is 16.0 Å². The molecular weight excluding hydrogens is 272 g/mol. The molecule has 4 N–H and O–H groups in total. The molecule has 0 radical (unpaired) electrons. The average Bonchev–Trinajstić information content (AvgIpc) is 2.49. The van der Waals surface area contributed by atoms with Gasteiger partial charge >= 0.3 is 0 Å². The molecule has 2 aromatic rings. The van der Waals surface area contributed by atoms with Gasteiger partial charge in [0.2, 0.25) is 0 Å². The number of hydrogen-bond acceptors (Lipinski definition) is 4. The van der Waals surface area contributed by atoms with E-state index < -0.39 is 0 Å². The first-order chi connectivity index (χ1) is 9.68. The number of carbonyl (C=O) groups excluding carboxylic acids is 1. The number of amides is 1. The molecule has 102 valence electrons. The van der Waals surface area contributed by atoms with Crippen molar-refractivity contribution in [3.63, 3.8) is 0 Å². The van der Waals surface area contributed by atoms with E-state index in [9.17, 15) is 4.79 Å². The van der Waals surface area contributed by atoms with Crippen molar-refractivity contribution in [3.8, 4) is 0 Å². The molecule has 0 saturated carbocycles. The van der Waals surface area contributed by atoms with E-state index in [1.807, 2.05) is 36.4 Å². The highest BCUT2D eigenvalue weighted by Crippen LogP contribution is 2.05. The summed E-state index contributed by atoms with van der Waals surface area (Å²) in [7, 11) is 0. The van der Waals surface area contributed by atoms with Crippen LogP contribution in [-0.2, 0) is 0 Å². The highest BCUT2D eigenvalue weighted by atomic mass is 32.1. The number of nitrogens with one attached hydrogen (secondary N) is 2. The minimum atomic E-state index is -0.332. The number of hydrazine groups is 2. The van der Waals surface area contributed by atoms with Gasteiger partial charge < -0.3 is 11.2 Å². The van der Waals surface area contributed by atoms with E-state index in [1.54, 1.807) is 24.3 Å². The summed E-state index contributed by atoms with van der Waals surface area (Å²) >= 11 is 4.89. The van der Waals surface area contributed by atoms with Gasteiger partial charge in [0.15, 0.2) is 5.11 Å². The molecule has 0 saturated heterocycles. The maximum atomic E-state index is 12.3. The zero-order valence-corrected chi connectivity index (χ0v) is 11.4. The molecular formula is C14H14N4OS. The van der Waals surface area contributed by atoms with Crippen LogP contribution >= 0.6 is 12.2 Å². The molecule has 0 aromatic heterocycles. The monoisotopic (exact) mass is 286 g/mol. The predicted molar refractivity (Wildman–Crippen MR) is 82.6 cm³/mol. The van der Waals surface area contributed by atoms with Crippen LogP contribution in [0.15, 0.2) is 60.7 Å². The first kappa shape index (κ1) is 14.0. The van der Waals surface area contributed by atoms with Crippen LogP contribution in [0.1, 0.15) is 10.4 Å². The zero-order chi connectivity index (χ0) is 14.4. The summed E-state index contributed by atoms with van der Waals surface area (Å²) in [4.78, 5) is 12.3. The Morgan fingerprint density at radius 2 is 1.55 bits per heavy atom. The number of rotatable bonds is 4. The van der Waals surface area contributed by atoms with Crippen LogP contribution in [0.5, 0.6) is 0 Å². The van der Waals surface area contributed by atoms with Gasteiger partial charge in [0.25, 0.3) is 5.91 Å². The molecule has 0 heterocycles. The number of benzene rings is 2. The van der Waals surface area contributed by atoms with E-state index in [1.165, 1.54) is 0 Å². The minimum Gasteiger partial charge on any atom is -0.375 e. The molecule has 0 spiro atoms. The molecule has 2 aromatic carbocycles. The summed E-state index contributed by atoms with van der Waals surface area (Å²) in [6.45, 7) is 0. The van der Waals surface area contributed by atoms with Crippen molar-refractivity contribution in [2.24, 2.45) is 5.73 Å². The summed E-state index contributed by atoms with van der Waals surface area (Å²) in [5.41, 5.74) is 12.4. The smallest absolute Gasteiger partial charge is 0.276 e. The SMILES string of the molecule is NC(=S)N(NNc1ccccc1)C(=O)c1ccccc1. The van der Waals surface area contributed by atoms with Gasteiger partial charge in [-0.2, -0.15) is 5.01 Å². The Kier molecular flexibility index (Phi) is 4.65. The highest BCUT2D eigenvalue weighted by molar-refractivity contribution is 7.80. The largest absolute Gasteiger partial charge is 0.375 e. The summed E-state index contributed by atoms with van der Waals surface area (Å²) in [5.74, 6) is -0.332. The van der Waals surface area contributed by atoms with Gasteiger partial charge in [-0.05, 0) is 36.5 Å². The van der Waals surface area contributed by atoms with Crippen molar-refractivity contribution >= 4 is 28.9 Å². The van der Waals surface area contributed by atoms with Crippen LogP contribution in [0.25, 0.3) is 0 Å². The highest BCUT2D eigenvalue weighted by Gasteiger charge is 2.17. The maximum Gasteiger partial charge on any atom is 0.276 e. The van der Waals surface area contributed by atoms with E-state index >= 15 is 0 Å². The Morgan fingerprint density at radius 3 is 2.10 bits per heavy atom. The Hall–Kier alpha value is -2.44. The summed E-state index contributed by atoms with van der Waals surface area (Å²) in [6.07, 6.45) is 0. The number of hydrogen-bond donors (Lipinski definition) is 3. The predicted octanol–water partition coefficient (Wildman–Crippen LogP) is 1.90. The van der Waals surface area contributed by atoms with Crippen LogP contribution in [0, 0.1) is 0 Å². The molecule has 6 heteroatoms. The second-order valence-corrected chi connectivity index (χ2v) is 4.37. The molecule has 0 atom stereocenters. The summed E-state index contributed by atoms with van der Waals surface area (Å²) in [5, 5.41) is 1.01. The third-order valence-electron chi connectivity index (χ3n) is 2.53. The van der Waals surface area contributed by atoms with E-state index in [2.05, 4.69) is 11.0 Å². The lowest BCUT2D eigenvalue weighted by Crippen LogP contribution is -2.51. The standard InChI is InChI=1S/C14H14N4OS/c15-14(20)18(13(19)11-7-3-1-4-8-11)17-16-12-9-5-2-6-10-12/h1-10,16-17H,(H2,15,20). The molecule has 5 nitrogen and oxygen atoms in total. The third-order valence-corrected chi connectivity index (χ3v) is 2.71. The van der Waals surface area contributed by atoms with Gasteiger partial charge in [0.05, 0.1) is 5.69 Å². The molecule has 0 aliphatic carbocycles. The normalized spacial score (nSPS) is 9.80. The quantitative estimate of drug-likeness (QED) is 0.591. The Bertz CT molecular complexity index is 589. The Balaban J connectivity index is 2.08. The van der Waals surface area contributed by atoms with E-state index in [0.29, 0.717) is 5.56 Å². The molecule has 1 amide bonds. The number of anilines is 1. The van der Waals surface area contributed by atoms with Crippen molar-refractivity contribution in [1.29, 1.82) is 0 Å². The Labute approximate surface area is 122 Å². The second kappa shape index (κ2) is 6.65. The second-order valence-electron chi connectivity index (χ2n) is 3.95. The zero-order valence-electron chi connectivity index (χ0n) is 10.6. The topological polar surface area (TPSA) is 70.4 Å². The first-order valence-electron chi connectivity index (χ1n) is 5.94. The minimum absolute atomic E-state index is 0.0673. The molecule has 0 bridgehead atoms. The van der Waals surface area contributed by atoms with Gasteiger partial charge in [0.1, 0.15) is 0 Å². The van der Waals surface area contributed by atoms with E-state index in [4.69, 9.17) is 18.0 Å². The lowest BCUT2D eigenvalue weighted by Gasteiger charge is -2.22. The van der Waals surface area contributed by atoms with Crippen molar-refractivity contribution in [1.82, 2.24) is 10.5 Å². The summed E-state index contributed by atoms with van der Waals surface area (Å²) < 4.78 is 0. The summed E-state index contributed by atoms with van der Waals surface area (Å²) in [6, 6.07) is 18.1. The number of nitrogens with zero attached hydrogens (tertiary/aromatic N) is 1. The number of para-hydroxylation sites is 1. The molecule has 0 unspecified atom stereocenters. The van der Waals surface area contributed by atoms with Crippen LogP contribution < -0.4 is 16.7 Å². The molecule has 0 fully saturated rings. The van der Waals surface area contributed by atoms with Gasteiger partial charge in [-0.1, -0.05) is 36.4 Å². The maximum absolute atomic E-state index is 12.3. The molecule has 20 heavy (non-hydrogen) atoms. The van der Waals surface area contributed by atoms with E-state index in [-0.39, 0.29) is 11.0 Å². The fourth-order valence-corrected chi connectivity index (χ4v) is 1.69. The number of carbonyl (C=O) groups is 1. The van der Waals surface area contributed by atoms with Gasteiger partial charge in [-0.3, -0.25) is 4.79 Å². The van der Waals surface area contributed by atoms with Crippen molar-refractivity contribution < 1.29 is 4.79 Å². The van der Waals surface area contributed by atoms with Crippen molar-refractivity contribution in [2.75, 3.05) is 5.43 Å². The molecule has 0 aliphatic heterocycles. The van der Waals surface area contributed by atoms with Crippen LogP contribution in [0.3, 0.4) is 0 Å². The van der Waals surface area contributed by atoms with Crippen molar-refractivity contribution in [2.45, 2.75) is 0 Å². The number of nitrogens with two attached hydrogens (primary N) is 1. The van der Waals surface area contributed by atoms with E-state index in [0.717, 1.165) is 10.7 Å². The number of thiocarbonyl (C=S) groups is 1. The fourth-order valence-electron chi connectivity index (χ4n) is 1.56. The fraction of sp³-hybridized carbons (Fsp3) is 0. The van der Waals surface area contributed by atoms with Crippen molar-refractivity contribution in [3.05, 3.63) is 66.2 Å². The van der Waals surface area contributed by atoms with Crippen LogP contribution in [0.4, 0.5) is 5.69 Å².